The highest BCUT2D eigenvalue weighted by Gasteiger charge is 2.40. The number of hydrogen-bond donors (Lipinski definition) is 1. The predicted octanol–water partition coefficient (Wildman–Crippen LogP) is 2.25. The molecule has 0 unspecified atom stereocenters. The molecule has 1 aromatic rings. The lowest BCUT2D eigenvalue weighted by molar-refractivity contribution is -0.148. The van der Waals surface area contributed by atoms with Crippen LogP contribution in [-0.2, 0) is 27.2 Å². The smallest absolute Gasteiger partial charge is 0.309 e. The number of carbonyl (C=O) groups excluding carboxylic acids is 2. The van der Waals surface area contributed by atoms with Crippen molar-refractivity contribution in [2.24, 2.45) is 11.8 Å². The van der Waals surface area contributed by atoms with Gasteiger partial charge in [0.05, 0.1) is 11.5 Å². The lowest BCUT2D eigenvalue weighted by atomic mass is 10.1. The zero-order valence-electron chi connectivity index (χ0n) is 11.8. The molecule has 2 aliphatic rings. The van der Waals surface area contributed by atoms with Crippen molar-refractivity contribution >= 4 is 28.2 Å². The molecular formula is C15H16N2O3S. The van der Waals surface area contributed by atoms with Crippen molar-refractivity contribution in [3.63, 3.8) is 0 Å². The van der Waals surface area contributed by atoms with E-state index in [0.29, 0.717) is 16.5 Å². The first kappa shape index (κ1) is 14.1. The molecule has 6 heteroatoms. The first-order chi connectivity index (χ1) is 10.1. The normalized spacial score (nSPS) is 22.3. The second-order valence-corrected chi connectivity index (χ2v) is 6.75. The number of amides is 1. The Labute approximate surface area is 126 Å². The van der Waals surface area contributed by atoms with Gasteiger partial charge in [0.25, 0.3) is 5.91 Å². The number of nitrogens with one attached hydrogen (secondary N) is 1. The molecule has 0 spiro atoms. The predicted molar refractivity (Wildman–Crippen MR) is 77.9 cm³/mol. The zero-order valence-corrected chi connectivity index (χ0v) is 12.6. The van der Waals surface area contributed by atoms with Gasteiger partial charge in [0, 0.05) is 4.88 Å². The minimum atomic E-state index is -0.381. The van der Waals surface area contributed by atoms with Crippen LogP contribution in [0.4, 0.5) is 5.00 Å². The van der Waals surface area contributed by atoms with E-state index in [0.717, 1.165) is 31.2 Å². The number of nitriles is 1. The van der Waals surface area contributed by atoms with Crippen molar-refractivity contribution < 1.29 is 14.3 Å². The number of nitrogens with zero attached hydrogens (tertiary/aromatic N) is 1. The van der Waals surface area contributed by atoms with Crippen LogP contribution < -0.4 is 5.32 Å². The Hall–Kier alpha value is -1.87. The van der Waals surface area contributed by atoms with Gasteiger partial charge in [-0.1, -0.05) is 6.92 Å². The summed E-state index contributed by atoms with van der Waals surface area (Å²) in [7, 11) is 0. The van der Waals surface area contributed by atoms with Crippen molar-refractivity contribution in [1.82, 2.24) is 0 Å². The average Bonchev–Trinajstić information content (AvgIpc) is 2.87. The van der Waals surface area contributed by atoms with Crippen LogP contribution in [0.15, 0.2) is 0 Å². The first-order valence-electron chi connectivity index (χ1n) is 7.11. The monoisotopic (exact) mass is 304 g/mol. The van der Waals surface area contributed by atoms with Crippen LogP contribution in [0, 0.1) is 23.2 Å². The SMILES string of the molecule is C[C@@H]1C[C@@H]1C(=O)OCC(=O)Nc1sc2c(c1C#N)CCC2. The summed E-state index contributed by atoms with van der Waals surface area (Å²) < 4.78 is 4.99. The second-order valence-electron chi connectivity index (χ2n) is 5.65. The molecule has 0 aromatic carbocycles. The highest BCUT2D eigenvalue weighted by atomic mass is 32.1. The van der Waals surface area contributed by atoms with Crippen LogP contribution in [0.5, 0.6) is 0 Å². The third kappa shape index (κ3) is 2.79. The molecule has 0 saturated heterocycles. The molecule has 1 amide bonds. The van der Waals surface area contributed by atoms with Crippen molar-refractivity contribution in [2.45, 2.75) is 32.6 Å². The van der Waals surface area contributed by atoms with E-state index in [1.54, 1.807) is 0 Å². The van der Waals surface area contributed by atoms with Crippen LogP contribution in [0.2, 0.25) is 0 Å². The van der Waals surface area contributed by atoms with E-state index in [1.807, 2.05) is 6.92 Å². The largest absolute Gasteiger partial charge is 0.455 e. The van der Waals surface area contributed by atoms with E-state index in [4.69, 9.17) is 4.74 Å². The summed E-state index contributed by atoms with van der Waals surface area (Å²) >= 11 is 1.46. The lowest BCUT2D eigenvalue weighted by Gasteiger charge is -2.05. The van der Waals surface area contributed by atoms with Gasteiger partial charge in [-0.05, 0) is 37.2 Å². The Bertz CT molecular complexity index is 644. The number of rotatable bonds is 4. The fraction of sp³-hybridized carbons (Fsp3) is 0.533. The number of ether oxygens (including phenoxy) is 1. The Morgan fingerprint density at radius 2 is 2.24 bits per heavy atom. The van der Waals surface area contributed by atoms with Gasteiger partial charge in [0.2, 0.25) is 0 Å². The Balaban J connectivity index is 1.58. The Morgan fingerprint density at radius 3 is 2.90 bits per heavy atom. The molecule has 1 saturated carbocycles. The molecule has 1 N–H and O–H groups in total. The summed E-state index contributed by atoms with van der Waals surface area (Å²) in [4.78, 5) is 24.6. The van der Waals surface area contributed by atoms with Crippen molar-refractivity contribution in [2.75, 3.05) is 11.9 Å². The standard InChI is InChI=1S/C15H16N2O3S/c1-8-5-10(8)15(19)20-7-13(18)17-14-11(6-16)9-3-2-4-12(9)21-14/h8,10H,2-5,7H2,1H3,(H,17,18)/t8-,10+/m1/s1. The molecule has 21 heavy (non-hydrogen) atoms. The van der Waals surface area contributed by atoms with Crippen LogP contribution in [0.3, 0.4) is 0 Å². The van der Waals surface area contributed by atoms with Gasteiger partial charge in [0.1, 0.15) is 11.1 Å². The number of esters is 1. The third-order valence-electron chi connectivity index (χ3n) is 4.04. The van der Waals surface area contributed by atoms with Crippen molar-refractivity contribution in [3.05, 3.63) is 16.0 Å². The molecule has 0 bridgehead atoms. The van der Waals surface area contributed by atoms with E-state index in [-0.39, 0.29) is 24.4 Å². The average molecular weight is 304 g/mol. The van der Waals surface area contributed by atoms with Crippen LogP contribution in [0.1, 0.15) is 35.8 Å². The molecular weight excluding hydrogens is 288 g/mol. The van der Waals surface area contributed by atoms with Gasteiger partial charge < -0.3 is 10.1 Å². The van der Waals surface area contributed by atoms with Gasteiger partial charge in [-0.15, -0.1) is 11.3 Å². The number of thiophene rings is 1. The fourth-order valence-corrected chi connectivity index (χ4v) is 3.92. The summed E-state index contributed by atoms with van der Waals surface area (Å²) in [6.07, 6.45) is 3.79. The van der Waals surface area contributed by atoms with E-state index in [9.17, 15) is 14.9 Å². The molecule has 2 aliphatic carbocycles. The summed E-state index contributed by atoms with van der Waals surface area (Å²) in [6.45, 7) is 1.70. The molecule has 5 nitrogen and oxygen atoms in total. The van der Waals surface area contributed by atoms with Crippen LogP contribution in [-0.4, -0.2) is 18.5 Å². The number of aryl methyl sites for hydroxylation is 1. The number of hydrogen-bond acceptors (Lipinski definition) is 5. The third-order valence-corrected chi connectivity index (χ3v) is 5.25. The molecule has 1 aromatic heterocycles. The Morgan fingerprint density at radius 1 is 1.48 bits per heavy atom. The van der Waals surface area contributed by atoms with E-state index < -0.39 is 0 Å². The maximum absolute atomic E-state index is 11.8. The molecule has 1 heterocycles. The van der Waals surface area contributed by atoms with Gasteiger partial charge in [-0.25, -0.2) is 0 Å². The summed E-state index contributed by atoms with van der Waals surface area (Å²) in [6, 6.07) is 2.17. The number of carbonyl (C=O) groups is 2. The summed E-state index contributed by atoms with van der Waals surface area (Å²) in [5.41, 5.74) is 1.64. The highest BCUT2D eigenvalue weighted by Crippen LogP contribution is 2.39. The quantitative estimate of drug-likeness (QED) is 0.865. The first-order valence-corrected chi connectivity index (χ1v) is 7.93. The topological polar surface area (TPSA) is 79.2 Å². The number of fused-ring (bicyclic) bond motifs is 1. The summed E-state index contributed by atoms with van der Waals surface area (Å²) in [5.74, 6) is -0.357. The van der Waals surface area contributed by atoms with Gasteiger partial charge in [0.15, 0.2) is 6.61 Å². The summed E-state index contributed by atoms with van der Waals surface area (Å²) in [5, 5.41) is 12.5. The maximum Gasteiger partial charge on any atom is 0.309 e. The zero-order chi connectivity index (χ0) is 15.0. The molecule has 0 radical (unpaired) electrons. The van der Waals surface area contributed by atoms with Gasteiger partial charge in [-0.3, -0.25) is 9.59 Å². The minimum Gasteiger partial charge on any atom is -0.455 e. The van der Waals surface area contributed by atoms with Gasteiger partial charge in [-0.2, -0.15) is 5.26 Å². The van der Waals surface area contributed by atoms with E-state index in [1.165, 1.54) is 16.2 Å². The maximum atomic E-state index is 11.8. The molecule has 2 atom stereocenters. The minimum absolute atomic E-state index is 0.0435. The van der Waals surface area contributed by atoms with E-state index in [2.05, 4.69) is 11.4 Å². The molecule has 1 fully saturated rings. The van der Waals surface area contributed by atoms with Crippen molar-refractivity contribution in [1.29, 1.82) is 5.26 Å². The van der Waals surface area contributed by atoms with E-state index >= 15 is 0 Å². The van der Waals surface area contributed by atoms with Crippen LogP contribution >= 0.6 is 11.3 Å². The van der Waals surface area contributed by atoms with Crippen LogP contribution in [0.25, 0.3) is 0 Å². The number of anilines is 1. The molecule has 3 rings (SSSR count). The second kappa shape index (κ2) is 5.49. The molecule has 110 valence electrons. The lowest BCUT2D eigenvalue weighted by Crippen LogP contribution is -2.21. The highest BCUT2D eigenvalue weighted by molar-refractivity contribution is 7.16. The molecule has 0 aliphatic heterocycles. The van der Waals surface area contributed by atoms with Gasteiger partial charge >= 0.3 is 5.97 Å². The fourth-order valence-electron chi connectivity index (χ4n) is 2.67. The Kier molecular flexibility index (Phi) is 3.68. The van der Waals surface area contributed by atoms with Crippen molar-refractivity contribution in [3.8, 4) is 6.07 Å².